The van der Waals surface area contributed by atoms with Crippen molar-refractivity contribution in [2.24, 2.45) is 0 Å². The molecule has 0 aromatic rings. The minimum atomic E-state index is -1.22. The molecule has 2 rings (SSSR count). The van der Waals surface area contributed by atoms with Crippen LogP contribution in [0.15, 0.2) is 12.2 Å². The summed E-state index contributed by atoms with van der Waals surface area (Å²) in [7, 11) is 0. The van der Waals surface area contributed by atoms with Crippen molar-refractivity contribution in [3.05, 3.63) is 12.2 Å². The highest BCUT2D eigenvalue weighted by atomic mass is 16.4. The number of carbonyl (C=O) groups excluding carboxylic acids is 3. The Morgan fingerprint density at radius 1 is 0.781 bits per heavy atom. The van der Waals surface area contributed by atoms with Crippen LogP contribution in [-0.4, -0.2) is 129 Å². The third-order valence-corrected chi connectivity index (χ3v) is 5.27. The SMILES string of the molecule is O=C(O)CN1CCN(CC(=O)O)CCN(C(CCC(=O)N2C(=O)C=CC2=O)C(=O)O)CC1. The van der Waals surface area contributed by atoms with Crippen LogP contribution in [0.1, 0.15) is 12.8 Å². The van der Waals surface area contributed by atoms with E-state index in [9.17, 15) is 33.9 Å². The number of carboxylic acids is 3. The molecule has 0 saturated carbocycles. The van der Waals surface area contributed by atoms with Crippen molar-refractivity contribution in [2.45, 2.75) is 18.9 Å². The zero-order valence-electron chi connectivity index (χ0n) is 17.4. The average Bonchev–Trinajstić information content (AvgIpc) is 3.06. The molecule has 13 nitrogen and oxygen atoms in total. The highest BCUT2D eigenvalue weighted by molar-refractivity contribution is 6.22. The molecule has 3 N–H and O–H groups in total. The van der Waals surface area contributed by atoms with Gasteiger partial charge in [0.15, 0.2) is 0 Å². The van der Waals surface area contributed by atoms with Crippen LogP contribution >= 0.6 is 0 Å². The maximum atomic E-state index is 12.3. The van der Waals surface area contributed by atoms with Crippen molar-refractivity contribution in [3.63, 3.8) is 0 Å². The van der Waals surface area contributed by atoms with E-state index < -0.39 is 41.7 Å². The summed E-state index contributed by atoms with van der Waals surface area (Å²) >= 11 is 0. The Labute approximate surface area is 183 Å². The molecule has 1 fully saturated rings. The van der Waals surface area contributed by atoms with E-state index in [1.165, 1.54) is 0 Å². The molecule has 32 heavy (non-hydrogen) atoms. The zero-order chi connectivity index (χ0) is 23.8. The molecular formula is C19H26N4O9. The molecule has 0 spiro atoms. The van der Waals surface area contributed by atoms with Gasteiger partial charge in [-0.05, 0) is 6.42 Å². The minimum absolute atomic E-state index is 0.177. The summed E-state index contributed by atoms with van der Waals surface area (Å²) in [6, 6.07) is -1.14. The number of rotatable bonds is 9. The molecule has 2 aliphatic rings. The molecule has 0 aromatic heterocycles. The summed E-state index contributed by atoms with van der Waals surface area (Å²) in [5.41, 5.74) is 0. The normalized spacial score (nSPS) is 19.9. The molecule has 176 valence electrons. The van der Waals surface area contributed by atoms with Crippen molar-refractivity contribution in [1.29, 1.82) is 0 Å². The number of carbonyl (C=O) groups is 6. The average molecular weight is 454 g/mol. The number of imide groups is 3. The standard InChI is InChI=1S/C19H26N4O9/c24-14(23-15(25)3-4-16(23)26)2-1-13(19(31)32)22-9-7-20(11-17(27)28)5-6-21(8-10-22)12-18(29)30/h3-4,13H,1-2,5-12H2,(H,27,28)(H,29,30)(H,31,32). The van der Waals surface area contributed by atoms with Crippen molar-refractivity contribution in [2.75, 3.05) is 52.4 Å². The fourth-order valence-electron chi connectivity index (χ4n) is 3.65. The first-order valence-corrected chi connectivity index (χ1v) is 10.0. The number of hydrogen-bond acceptors (Lipinski definition) is 9. The summed E-state index contributed by atoms with van der Waals surface area (Å²) in [5, 5.41) is 27.9. The quantitative estimate of drug-likeness (QED) is 0.320. The minimum Gasteiger partial charge on any atom is -0.480 e. The summed E-state index contributed by atoms with van der Waals surface area (Å²) in [4.78, 5) is 75.0. The Morgan fingerprint density at radius 3 is 1.62 bits per heavy atom. The van der Waals surface area contributed by atoms with E-state index in [2.05, 4.69) is 0 Å². The van der Waals surface area contributed by atoms with E-state index in [1.807, 2.05) is 0 Å². The molecular weight excluding hydrogens is 428 g/mol. The summed E-state index contributed by atoms with van der Waals surface area (Å²) < 4.78 is 0. The van der Waals surface area contributed by atoms with E-state index >= 15 is 0 Å². The van der Waals surface area contributed by atoms with E-state index in [4.69, 9.17) is 10.2 Å². The Morgan fingerprint density at radius 2 is 1.22 bits per heavy atom. The maximum absolute atomic E-state index is 12.3. The lowest BCUT2D eigenvalue weighted by Gasteiger charge is -2.30. The number of amides is 3. The first kappa shape index (κ1) is 25.1. The van der Waals surface area contributed by atoms with E-state index in [0.29, 0.717) is 18.0 Å². The second kappa shape index (κ2) is 11.5. The zero-order valence-corrected chi connectivity index (χ0v) is 17.4. The molecule has 0 radical (unpaired) electrons. The van der Waals surface area contributed by atoms with Gasteiger partial charge in [0.2, 0.25) is 5.91 Å². The van der Waals surface area contributed by atoms with Gasteiger partial charge in [-0.15, -0.1) is 0 Å². The van der Waals surface area contributed by atoms with Gasteiger partial charge in [0.25, 0.3) is 11.8 Å². The van der Waals surface area contributed by atoms with Gasteiger partial charge in [-0.3, -0.25) is 43.5 Å². The van der Waals surface area contributed by atoms with Crippen LogP contribution in [0.5, 0.6) is 0 Å². The third-order valence-electron chi connectivity index (χ3n) is 5.27. The van der Waals surface area contributed by atoms with Gasteiger partial charge < -0.3 is 15.3 Å². The lowest BCUT2D eigenvalue weighted by atomic mass is 10.1. The molecule has 1 unspecified atom stereocenters. The van der Waals surface area contributed by atoms with Crippen LogP contribution in [-0.2, 0) is 28.8 Å². The molecule has 0 bridgehead atoms. The molecule has 0 aromatic carbocycles. The first-order valence-electron chi connectivity index (χ1n) is 10.0. The van der Waals surface area contributed by atoms with Crippen LogP contribution in [0.2, 0.25) is 0 Å². The van der Waals surface area contributed by atoms with Gasteiger partial charge in [0.05, 0.1) is 13.1 Å². The molecule has 3 amide bonds. The molecule has 13 heteroatoms. The maximum Gasteiger partial charge on any atom is 0.320 e. The second-order valence-corrected chi connectivity index (χ2v) is 7.51. The topological polar surface area (TPSA) is 176 Å². The van der Waals surface area contributed by atoms with Crippen molar-refractivity contribution < 1.29 is 44.1 Å². The fraction of sp³-hybridized carbons (Fsp3) is 0.579. The second-order valence-electron chi connectivity index (χ2n) is 7.51. The van der Waals surface area contributed by atoms with Gasteiger partial charge in [-0.2, -0.15) is 0 Å². The van der Waals surface area contributed by atoms with Crippen molar-refractivity contribution in [3.8, 4) is 0 Å². The van der Waals surface area contributed by atoms with E-state index in [-0.39, 0.29) is 52.1 Å². The summed E-state index contributed by atoms with van der Waals surface area (Å²) in [6.07, 6.45) is 1.39. The Bertz CT molecular complexity index is 767. The lowest BCUT2D eigenvalue weighted by Crippen LogP contribution is -2.48. The highest BCUT2D eigenvalue weighted by Crippen LogP contribution is 2.14. The molecule has 2 aliphatic heterocycles. The summed E-state index contributed by atoms with van der Waals surface area (Å²) in [6.45, 7) is 0.876. The Kier molecular flexibility index (Phi) is 8.99. The van der Waals surface area contributed by atoms with Crippen molar-refractivity contribution >= 4 is 35.6 Å². The van der Waals surface area contributed by atoms with Gasteiger partial charge >= 0.3 is 17.9 Å². The first-order chi connectivity index (χ1) is 15.1. The van der Waals surface area contributed by atoms with Crippen molar-refractivity contribution in [1.82, 2.24) is 19.6 Å². The molecule has 1 atom stereocenters. The van der Waals surface area contributed by atoms with Crippen LogP contribution in [0, 0.1) is 0 Å². The van der Waals surface area contributed by atoms with Crippen LogP contribution in [0.4, 0.5) is 0 Å². The molecule has 2 heterocycles. The van der Waals surface area contributed by atoms with Gasteiger partial charge in [0, 0.05) is 57.8 Å². The predicted molar refractivity (Wildman–Crippen MR) is 106 cm³/mol. The Balaban J connectivity index is 2.10. The molecule has 1 saturated heterocycles. The number of hydrogen-bond donors (Lipinski definition) is 3. The molecule has 0 aliphatic carbocycles. The van der Waals surface area contributed by atoms with E-state index in [1.54, 1.807) is 14.7 Å². The van der Waals surface area contributed by atoms with Gasteiger partial charge in [0.1, 0.15) is 6.04 Å². The van der Waals surface area contributed by atoms with E-state index in [0.717, 1.165) is 12.2 Å². The lowest BCUT2D eigenvalue weighted by molar-refractivity contribution is -0.149. The highest BCUT2D eigenvalue weighted by Gasteiger charge is 2.33. The predicted octanol–water partition coefficient (Wildman–Crippen LogP) is -2.24. The van der Waals surface area contributed by atoms with Crippen LogP contribution in [0.25, 0.3) is 0 Å². The van der Waals surface area contributed by atoms with Crippen LogP contribution < -0.4 is 0 Å². The van der Waals surface area contributed by atoms with Gasteiger partial charge in [-0.1, -0.05) is 0 Å². The number of aliphatic carboxylic acids is 3. The summed E-state index contributed by atoms with van der Waals surface area (Å²) in [5.74, 6) is -5.69. The van der Waals surface area contributed by atoms with Gasteiger partial charge in [-0.25, -0.2) is 4.90 Å². The fourth-order valence-corrected chi connectivity index (χ4v) is 3.65. The number of nitrogens with zero attached hydrogens (tertiary/aromatic N) is 4. The smallest absolute Gasteiger partial charge is 0.320 e. The Hall–Kier alpha value is -3.16. The third kappa shape index (κ3) is 7.21. The van der Waals surface area contributed by atoms with Crippen LogP contribution in [0.3, 0.4) is 0 Å². The monoisotopic (exact) mass is 454 g/mol. The largest absolute Gasteiger partial charge is 0.480 e. The number of carboxylic acid groups (broad SMARTS) is 3.